The van der Waals surface area contributed by atoms with Crippen molar-refractivity contribution in [1.29, 1.82) is 0 Å². The van der Waals surface area contributed by atoms with Crippen LogP contribution in [0.5, 0.6) is 0 Å². The number of hydrogen-bond donors (Lipinski definition) is 2. The lowest BCUT2D eigenvalue weighted by atomic mass is 9.82. The van der Waals surface area contributed by atoms with Gasteiger partial charge in [-0.2, -0.15) is 0 Å². The number of hydrogen-bond acceptors (Lipinski definition) is 3. The summed E-state index contributed by atoms with van der Waals surface area (Å²) >= 11 is 0. The number of carboxylic acid groups (broad SMARTS) is 1. The van der Waals surface area contributed by atoms with E-state index >= 15 is 0 Å². The van der Waals surface area contributed by atoms with Crippen molar-refractivity contribution in [2.75, 3.05) is 0 Å². The van der Waals surface area contributed by atoms with Gasteiger partial charge < -0.3 is 15.2 Å². The number of carbonyl (C=O) groups is 1. The molecule has 1 saturated heterocycles. The smallest absolute Gasteiger partial charge is 0.320 e. The van der Waals surface area contributed by atoms with E-state index in [-0.39, 0.29) is 6.10 Å². The molecule has 20 heavy (non-hydrogen) atoms. The first-order chi connectivity index (χ1) is 9.74. The van der Waals surface area contributed by atoms with Crippen molar-refractivity contribution in [2.24, 2.45) is 5.92 Å². The average molecular weight is 275 g/mol. The average Bonchev–Trinajstić information content (AvgIpc) is 2.91. The van der Waals surface area contributed by atoms with Gasteiger partial charge in [0.2, 0.25) is 0 Å². The van der Waals surface area contributed by atoms with Crippen LogP contribution in [0.2, 0.25) is 0 Å². The van der Waals surface area contributed by atoms with E-state index in [0.717, 1.165) is 19.3 Å². The maximum Gasteiger partial charge on any atom is 0.320 e. The molecule has 0 amide bonds. The van der Waals surface area contributed by atoms with E-state index < -0.39 is 12.0 Å². The summed E-state index contributed by atoms with van der Waals surface area (Å²) in [7, 11) is 0. The third kappa shape index (κ3) is 2.86. The number of fused-ring (bicyclic) bond motifs is 1. The van der Waals surface area contributed by atoms with Gasteiger partial charge in [-0.05, 0) is 31.2 Å². The molecular weight excluding hydrogens is 254 g/mol. The molecule has 1 aliphatic heterocycles. The Morgan fingerprint density at radius 3 is 2.85 bits per heavy atom. The van der Waals surface area contributed by atoms with Gasteiger partial charge in [0.05, 0.1) is 12.7 Å². The van der Waals surface area contributed by atoms with Gasteiger partial charge in [-0.3, -0.25) is 4.79 Å². The van der Waals surface area contributed by atoms with E-state index in [2.05, 4.69) is 17.4 Å². The summed E-state index contributed by atoms with van der Waals surface area (Å²) < 4.78 is 6.08. The van der Waals surface area contributed by atoms with E-state index in [1.54, 1.807) is 0 Å². The molecule has 1 aromatic rings. The summed E-state index contributed by atoms with van der Waals surface area (Å²) in [6.07, 6.45) is 4.10. The summed E-state index contributed by atoms with van der Waals surface area (Å²) in [5, 5.41) is 12.4. The number of rotatable bonds is 4. The first-order valence-corrected chi connectivity index (χ1v) is 7.38. The van der Waals surface area contributed by atoms with Crippen molar-refractivity contribution >= 4 is 5.97 Å². The molecule has 108 valence electrons. The molecule has 3 rings (SSSR count). The van der Waals surface area contributed by atoms with Crippen LogP contribution in [0.15, 0.2) is 30.3 Å². The van der Waals surface area contributed by atoms with E-state index in [9.17, 15) is 4.79 Å². The largest absolute Gasteiger partial charge is 0.480 e. The maximum absolute atomic E-state index is 11.1. The molecule has 0 radical (unpaired) electrons. The van der Waals surface area contributed by atoms with Crippen LogP contribution >= 0.6 is 0 Å². The Hall–Kier alpha value is -1.39. The summed E-state index contributed by atoms with van der Waals surface area (Å²) in [5.74, 6) is -0.394. The predicted octanol–water partition coefficient (Wildman–Crippen LogP) is 2.19. The fourth-order valence-corrected chi connectivity index (χ4v) is 3.50. The number of benzene rings is 1. The third-order valence-electron chi connectivity index (χ3n) is 4.53. The van der Waals surface area contributed by atoms with E-state index in [1.165, 1.54) is 5.56 Å². The number of nitrogens with one attached hydrogen (secondary N) is 1. The van der Waals surface area contributed by atoms with Crippen LogP contribution in [0.3, 0.4) is 0 Å². The van der Waals surface area contributed by atoms with Gasteiger partial charge in [-0.25, -0.2) is 0 Å². The van der Waals surface area contributed by atoms with E-state index in [0.29, 0.717) is 25.0 Å². The second-order valence-electron chi connectivity index (χ2n) is 5.83. The Morgan fingerprint density at radius 2 is 2.10 bits per heavy atom. The first-order valence-electron chi connectivity index (χ1n) is 7.38. The lowest BCUT2D eigenvalue weighted by molar-refractivity contribution is -0.139. The van der Waals surface area contributed by atoms with Crippen molar-refractivity contribution in [2.45, 2.75) is 50.5 Å². The molecule has 4 heteroatoms. The van der Waals surface area contributed by atoms with Crippen LogP contribution in [-0.2, 0) is 16.1 Å². The topological polar surface area (TPSA) is 58.6 Å². The third-order valence-corrected chi connectivity index (χ3v) is 4.53. The molecule has 0 bridgehead atoms. The van der Waals surface area contributed by atoms with Crippen molar-refractivity contribution in [3.05, 3.63) is 35.9 Å². The molecule has 1 heterocycles. The zero-order chi connectivity index (χ0) is 13.9. The summed E-state index contributed by atoms with van der Waals surface area (Å²) in [6, 6.07) is 10.1. The summed E-state index contributed by atoms with van der Waals surface area (Å²) in [5.41, 5.74) is 1.18. The highest BCUT2D eigenvalue weighted by Gasteiger charge is 2.43. The Morgan fingerprint density at radius 1 is 1.30 bits per heavy atom. The minimum atomic E-state index is -0.735. The Bertz CT molecular complexity index is 462. The highest BCUT2D eigenvalue weighted by molar-refractivity contribution is 5.74. The van der Waals surface area contributed by atoms with Crippen molar-refractivity contribution < 1.29 is 14.6 Å². The van der Waals surface area contributed by atoms with Gasteiger partial charge in [-0.1, -0.05) is 30.3 Å². The fraction of sp³-hybridized carbons (Fsp3) is 0.562. The van der Waals surface area contributed by atoms with Crippen LogP contribution in [0.1, 0.15) is 31.2 Å². The lowest BCUT2D eigenvalue weighted by Gasteiger charge is -2.33. The van der Waals surface area contributed by atoms with Gasteiger partial charge in [0.1, 0.15) is 6.04 Å². The quantitative estimate of drug-likeness (QED) is 0.884. The van der Waals surface area contributed by atoms with Gasteiger partial charge in [-0.15, -0.1) is 0 Å². The van der Waals surface area contributed by atoms with Crippen LogP contribution in [0, 0.1) is 5.92 Å². The minimum Gasteiger partial charge on any atom is -0.480 e. The van der Waals surface area contributed by atoms with Gasteiger partial charge >= 0.3 is 5.97 Å². The van der Waals surface area contributed by atoms with Crippen LogP contribution < -0.4 is 5.32 Å². The molecule has 0 spiro atoms. The molecule has 1 aromatic carbocycles. The number of ether oxygens (including phenoxy) is 1. The maximum atomic E-state index is 11.1. The zero-order valence-electron chi connectivity index (χ0n) is 11.5. The van der Waals surface area contributed by atoms with Crippen molar-refractivity contribution in [3.63, 3.8) is 0 Å². The second-order valence-corrected chi connectivity index (χ2v) is 5.83. The molecule has 2 N–H and O–H groups in total. The van der Waals surface area contributed by atoms with E-state index in [4.69, 9.17) is 9.84 Å². The Balaban J connectivity index is 1.60. The molecule has 4 atom stereocenters. The van der Waals surface area contributed by atoms with Gasteiger partial charge in [0.25, 0.3) is 0 Å². The highest BCUT2D eigenvalue weighted by Crippen LogP contribution is 2.35. The molecule has 0 aromatic heterocycles. The molecule has 4 nitrogen and oxygen atoms in total. The normalized spacial score (nSPS) is 32.8. The van der Waals surface area contributed by atoms with Crippen molar-refractivity contribution in [1.82, 2.24) is 5.32 Å². The molecule has 4 unspecified atom stereocenters. The fourth-order valence-electron chi connectivity index (χ4n) is 3.50. The number of carboxylic acids is 1. The zero-order valence-corrected chi connectivity index (χ0v) is 11.5. The summed E-state index contributed by atoms with van der Waals surface area (Å²) in [4.78, 5) is 11.1. The van der Waals surface area contributed by atoms with Crippen LogP contribution in [0.4, 0.5) is 0 Å². The first kappa shape index (κ1) is 13.6. The monoisotopic (exact) mass is 275 g/mol. The molecule has 1 aliphatic carbocycles. The van der Waals surface area contributed by atoms with Gasteiger partial charge in [0.15, 0.2) is 0 Å². The van der Waals surface area contributed by atoms with Gasteiger partial charge in [0, 0.05) is 12.0 Å². The molecule has 2 aliphatic rings. The van der Waals surface area contributed by atoms with E-state index in [1.807, 2.05) is 18.2 Å². The molecule has 2 fully saturated rings. The Labute approximate surface area is 119 Å². The van der Waals surface area contributed by atoms with Crippen LogP contribution in [0.25, 0.3) is 0 Å². The minimum absolute atomic E-state index is 0.186. The highest BCUT2D eigenvalue weighted by atomic mass is 16.5. The predicted molar refractivity (Wildman–Crippen MR) is 75.3 cm³/mol. The molecule has 1 saturated carbocycles. The molecular formula is C16H21NO3. The van der Waals surface area contributed by atoms with Crippen molar-refractivity contribution in [3.8, 4) is 0 Å². The summed E-state index contributed by atoms with van der Waals surface area (Å²) in [6.45, 7) is 0.618. The van der Waals surface area contributed by atoms with Crippen LogP contribution in [-0.4, -0.2) is 29.3 Å². The number of aliphatic carboxylic acids is 1. The Kier molecular flexibility index (Phi) is 4.03. The standard InChI is InChI=1S/C16H21NO3/c18-16(19)14-9-12-13(17-14)7-4-8-15(12)20-10-11-5-2-1-3-6-11/h1-3,5-6,12-15,17H,4,7-10H2,(H,18,19). The second kappa shape index (κ2) is 5.94. The SMILES string of the molecule is O=C(O)C1CC2C(CCCC2OCc2ccccc2)N1. The lowest BCUT2D eigenvalue weighted by Crippen LogP contribution is -2.41.